The Morgan fingerprint density at radius 2 is 1.73 bits per heavy atom. The summed E-state index contributed by atoms with van der Waals surface area (Å²) in [4.78, 5) is 31.1. The first-order chi connectivity index (χ1) is 19.4. The van der Waals surface area contributed by atoms with E-state index in [9.17, 15) is 9.59 Å². The molecule has 0 bridgehead atoms. The van der Waals surface area contributed by atoms with Crippen molar-refractivity contribution in [3.63, 3.8) is 0 Å². The van der Waals surface area contributed by atoms with Gasteiger partial charge in [-0.1, -0.05) is 67.9 Å². The Balaban J connectivity index is 1.96. The van der Waals surface area contributed by atoms with Crippen molar-refractivity contribution in [1.29, 1.82) is 0 Å². The molecule has 3 rings (SSSR count). The van der Waals surface area contributed by atoms with Gasteiger partial charge in [0.05, 0.1) is 0 Å². The SMILES string of the molecule is C=C(C)/C=C(\C(=O)NC)C(=O)N1CCC(c2ccc3[nH]c(/C(C=C(C)C)=C/C(C)=C(\C)CC)c(C(C)C)c3c2)CC1. The Hall–Kier alpha value is -3.60. The number of piperidine rings is 1. The molecule has 1 aromatic heterocycles. The minimum atomic E-state index is -0.368. The summed E-state index contributed by atoms with van der Waals surface area (Å²) in [6.07, 6.45) is 8.96. The minimum absolute atomic E-state index is 0.153. The van der Waals surface area contributed by atoms with E-state index in [0.717, 1.165) is 24.8 Å². The van der Waals surface area contributed by atoms with Crippen LogP contribution in [-0.2, 0) is 9.59 Å². The van der Waals surface area contributed by atoms with E-state index in [1.54, 1.807) is 24.9 Å². The van der Waals surface area contributed by atoms with Gasteiger partial charge in [0.25, 0.3) is 11.8 Å². The van der Waals surface area contributed by atoms with E-state index in [1.807, 2.05) is 0 Å². The van der Waals surface area contributed by atoms with E-state index in [-0.39, 0.29) is 17.4 Å². The number of nitrogens with one attached hydrogen (secondary N) is 2. The average molecular weight is 556 g/mol. The van der Waals surface area contributed by atoms with Crippen molar-refractivity contribution >= 4 is 28.3 Å². The molecule has 1 aliphatic heterocycles. The molecule has 1 fully saturated rings. The van der Waals surface area contributed by atoms with Gasteiger partial charge in [-0.05, 0) is 101 Å². The Kier molecular flexibility index (Phi) is 10.8. The Morgan fingerprint density at radius 1 is 1.07 bits per heavy atom. The second-order valence-electron chi connectivity index (χ2n) is 12.1. The van der Waals surface area contributed by atoms with Gasteiger partial charge in [0.15, 0.2) is 0 Å². The summed E-state index contributed by atoms with van der Waals surface area (Å²) >= 11 is 0. The third-order valence-electron chi connectivity index (χ3n) is 8.09. The maximum atomic E-state index is 13.2. The first-order valence-corrected chi connectivity index (χ1v) is 14.9. The van der Waals surface area contributed by atoms with Gasteiger partial charge in [-0.2, -0.15) is 0 Å². The Labute approximate surface area is 247 Å². The molecule has 0 atom stereocenters. The summed E-state index contributed by atoms with van der Waals surface area (Å²) in [6.45, 7) is 22.3. The number of H-pyrrole nitrogens is 1. The van der Waals surface area contributed by atoms with Crippen LogP contribution in [0.25, 0.3) is 16.5 Å². The van der Waals surface area contributed by atoms with E-state index in [2.05, 4.69) is 95.7 Å². The molecule has 0 spiro atoms. The number of allylic oxidation sites excluding steroid dienone is 8. The van der Waals surface area contributed by atoms with Crippen LogP contribution in [0, 0.1) is 0 Å². The number of likely N-dealkylation sites (N-methyl/N-ethyl adjacent to an activating group) is 1. The molecule has 5 nitrogen and oxygen atoms in total. The van der Waals surface area contributed by atoms with Crippen molar-refractivity contribution in [1.82, 2.24) is 15.2 Å². The van der Waals surface area contributed by atoms with Gasteiger partial charge in [-0.3, -0.25) is 9.59 Å². The van der Waals surface area contributed by atoms with E-state index in [4.69, 9.17) is 0 Å². The summed E-state index contributed by atoms with van der Waals surface area (Å²) in [7, 11) is 1.55. The predicted octanol–water partition coefficient (Wildman–Crippen LogP) is 8.34. The number of carbonyl (C=O) groups excluding carboxylic acids is 2. The molecule has 2 amide bonds. The lowest BCUT2D eigenvalue weighted by molar-refractivity contribution is -0.131. The molecule has 41 heavy (non-hydrogen) atoms. The average Bonchev–Trinajstić information content (AvgIpc) is 3.33. The maximum absolute atomic E-state index is 13.2. The number of carbonyl (C=O) groups is 2. The summed E-state index contributed by atoms with van der Waals surface area (Å²) in [6, 6.07) is 6.82. The number of aromatic nitrogens is 1. The molecule has 1 aromatic carbocycles. The first-order valence-electron chi connectivity index (χ1n) is 14.9. The lowest BCUT2D eigenvalue weighted by atomic mass is 9.87. The van der Waals surface area contributed by atoms with Crippen LogP contribution in [0.2, 0.25) is 0 Å². The highest BCUT2D eigenvalue weighted by atomic mass is 16.2. The number of nitrogens with zero attached hydrogens (tertiary/aromatic N) is 1. The summed E-state index contributed by atoms with van der Waals surface area (Å²) in [5, 5.41) is 3.86. The fraction of sp³-hybridized carbons (Fsp3) is 0.444. The second kappa shape index (κ2) is 13.8. The molecule has 5 heteroatoms. The molecular formula is C36H49N3O2. The molecule has 2 heterocycles. The van der Waals surface area contributed by atoms with Crippen molar-refractivity contribution in [2.24, 2.45) is 0 Å². The molecule has 220 valence electrons. The lowest BCUT2D eigenvalue weighted by Gasteiger charge is -2.32. The van der Waals surface area contributed by atoms with Crippen LogP contribution in [0.3, 0.4) is 0 Å². The molecule has 2 aromatic rings. The number of rotatable bonds is 9. The quantitative estimate of drug-likeness (QED) is 0.141. The predicted molar refractivity (Wildman–Crippen MR) is 174 cm³/mol. The number of likely N-dealkylation sites (tertiary alicyclic amines) is 1. The van der Waals surface area contributed by atoms with Crippen LogP contribution in [-0.4, -0.2) is 41.8 Å². The van der Waals surface area contributed by atoms with E-state index < -0.39 is 0 Å². The fourth-order valence-corrected chi connectivity index (χ4v) is 5.64. The first kappa shape index (κ1) is 31.9. The molecule has 0 unspecified atom stereocenters. The number of hydrogen-bond acceptors (Lipinski definition) is 2. The Morgan fingerprint density at radius 3 is 2.27 bits per heavy atom. The minimum Gasteiger partial charge on any atom is -0.355 e. The van der Waals surface area contributed by atoms with E-state index in [0.29, 0.717) is 30.5 Å². The van der Waals surface area contributed by atoms with Crippen LogP contribution in [0.5, 0.6) is 0 Å². The van der Waals surface area contributed by atoms with Crippen molar-refractivity contribution in [3.05, 3.63) is 87.7 Å². The summed E-state index contributed by atoms with van der Waals surface area (Å²) in [5.41, 5.74) is 11.0. The van der Waals surface area contributed by atoms with Crippen LogP contribution in [0.4, 0.5) is 0 Å². The third-order valence-corrected chi connectivity index (χ3v) is 8.09. The largest absolute Gasteiger partial charge is 0.355 e. The molecule has 1 saturated heterocycles. The smallest absolute Gasteiger partial charge is 0.259 e. The van der Waals surface area contributed by atoms with Crippen LogP contribution in [0.15, 0.2) is 70.9 Å². The molecule has 1 aliphatic rings. The maximum Gasteiger partial charge on any atom is 0.259 e. The lowest BCUT2D eigenvalue weighted by Crippen LogP contribution is -2.41. The van der Waals surface area contributed by atoms with Crippen LogP contribution >= 0.6 is 0 Å². The highest BCUT2D eigenvalue weighted by Crippen LogP contribution is 2.38. The topological polar surface area (TPSA) is 65.2 Å². The monoisotopic (exact) mass is 555 g/mol. The second-order valence-corrected chi connectivity index (χ2v) is 12.1. The molecule has 0 saturated carbocycles. The summed E-state index contributed by atoms with van der Waals surface area (Å²) < 4.78 is 0. The van der Waals surface area contributed by atoms with E-state index in [1.165, 1.54) is 44.5 Å². The molecular weight excluding hydrogens is 506 g/mol. The van der Waals surface area contributed by atoms with Crippen molar-refractivity contribution in [3.8, 4) is 0 Å². The number of aromatic amines is 1. The fourth-order valence-electron chi connectivity index (χ4n) is 5.64. The third kappa shape index (κ3) is 7.58. The standard InChI is InChI=1S/C36H49N3O2/c1-11-25(8)26(9)20-29(18-22(2)3)34-33(24(6)7)30-21-28(12-13-32(30)38-34)27-14-16-39(17-15-27)36(41)31(19-23(4)5)35(40)37-10/h12-13,18-21,24,27,38H,4,11,14-17H2,1-3,5-10H3,(H,37,40)/b26-25+,29-20+,31-19+. The van der Waals surface area contributed by atoms with Gasteiger partial charge in [0, 0.05) is 36.7 Å². The normalized spacial score (nSPS) is 15.7. The summed E-state index contributed by atoms with van der Waals surface area (Å²) in [5.74, 6) is 0.120. The van der Waals surface area contributed by atoms with Gasteiger partial charge in [-0.15, -0.1) is 0 Å². The molecule has 0 aliphatic carbocycles. The van der Waals surface area contributed by atoms with Gasteiger partial charge < -0.3 is 15.2 Å². The number of amides is 2. The van der Waals surface area contributed by atoms with Crippen molar-refractivity contribution in [2.75, 3.05) is 20.1 Å². The molecule has 0 radical (unpaired) electrons. The molecule has 2 N–H and O–H groups in total. The van der Waals surface area contributed by atoms with E-state index >= 15 is 0 Å². The van der Waals surface area contributed by atoms with Gasteiger partial charge in [-0.25, -0.2) is 0 Å². The van der Waals surface area contributed by atoms with Crippen molar-refractivity contribution < 1.29 is 9.59 Å². The number of hydrogen-bond donors (Lipinski definition) is 2. The van der Waals surface area contributed by atoms with Crippen LogP contribution in [0.1, 0.15) is 103 Å². The highest BCUT2D eigenvalue weighted by Gasteiger charge is 2.29. The zero-order valence-electron chi connectivity index (χ0n) is 26.6. The zero-order valence-corrected chi connectivity index (χ0v) is 26.6. The van der Waals surface area contributed by atoms with Crippen molar-refractivity contribution in [2.45, 2.75) is 86.5 Å². The van der Waals surface area contributed by atoms with Gasteiger partial charge in [0.1, 0.15) is 5.57 Å². The van der Waals surface area contributed by atoms with Gasteiger partial charge in [0.2, 0.25) is 0 Å². The number of fused-ring (bicyclic) bond motifs is 1. The van der Waals surface area contributed by atoms with Gasteiger partial charge >= 0.3 is 0 Å². The highest BCUT2D eigenvalue weighted by molar-refractivity contribution is 6.18. The Bertz CT molecular complexity index is 1430. The van der Waals surface area contributed by atoms with Crippen LogP contribution < -0.4 is 5.32 Å². The number of benzene rings is 1. The zero-order chi connectivity index (χ0) is 30.4.